The highest BCUT2D eigenvalue weighted by Crippen LogP contribution is 2.42. The third-order valence-corrected chi connectivity index (χ3v) is 3.42. The molecule has 0 radical (unpaired) electrons. The van der Waals surface area contributed by atoms with Crippen LogP contribution in [0, 0.1) is 11.3 Å². The smallest absolute Gasteiger partial charge is 0.330 e. The third kappa shape index (κ3) is 2.37. The van der Waals surface area contributed by atoms with Crippen LogP contribution in [0.3, 0.4) is 0 Å². The number of halogens is 2. The van der Waals surface area contributed by atoms with Crippen molar-refractivity contribution in [2.24, 2.45) is 0 Å². The van der Waals surface area contributed by atoms with Crippen LogP contribution in [-0.4, -0.2) is 43.4 Å². The van der Waals surface area contributed by atoms with Crippen molar-refractivity contribution in [3.8, 4) is 11.3 Å². The minimum absolute atomic E-state index is 0.669. The van der Waals surface area contributed by atoms with Gasteiger partial charge in [-0.1, -0.05) is 17.5 Å². The standard InChI is InChI=1S/C11H10Cl2N2O5/c12-3-2-11(13)8(18)6(5-16)20-9(11)15-4-1-7(17)14-10(15)19/h1,4,6,8-9,16,18H,5H2,(H,14,17,19)/t6-,8+,9-,11?/m1/s1/i5D2. The largest absolute Gasteiger partial charge is 0.394 e. The molecule has 0 aromatic carbocycles. The van der Waals surface area contributed by atoms with Crippen molar-refractivity contribution in [3.05, 3.63) is 33.1 Å². The second-order valence-corrected chi connectivity index (χ2v) is 4.80. The molecule has 0 aliphatic carbocycles. The number of ether oxygens (including phenoxy) is 1. The minimum atomic E-state index is -2.95. The Balaban J connectivity index is 2.59. The summed E-state index contributed by atoms with van der Waals surface area (Å²) in [4.78, 5) is 22.9. The zero-order valence-electron chi connectivity index (χ0n) is 11.7. The number of hydrogen-bond donors (Lipinski definition) is 3. The molecule has 0 amide bonds. The van der Waals surface area contributed by atoms with Crippen LogP contribution < -0.4 is 11.2 Å². The van der Waals surface area contributed by atoms with Crippen LogP contribution in [0.2, 0.25) is 0 Å². The molecule has 3 N–H and O–H groups in total. The lowest BCUT2D eigenvalue weighted by molar-refractivity contribution is -0.0464. The Morgan fingerprint density at radius 3 is 2.90 bits per heavy atom. The lowest BCUT2D eigenvalue weighted by Crippen LogP contribution is -2.44. The predicted octanol–water partition coefficient (Wildman–Crippen LogP) is -1.04. The van der Waals surface area contributed by atoms with E-state index < -0.39 is 41.1 Å². The fourth-order valence-electron chi connectivity index (χ4n) is 1.87. The maximum Gasteiger partial charge on any atom is 0.330 e. The number of aromatic amines is 1. The van der Waals surface area contributed by atoms with Gasteiger partial charge >= 0.3 is 5.69 Å². The predicted molar refractivity (Wildman–Crippen MR) is 70.5 cm³/mol. The van der Waals surface area contributed by atoms with Crippen molar-refractivity contribution >= 4 is 23.2 Å². The molecular formula is C11H10Cl2N2O5. The molecule has 4 atom stereocenters. The van der Waals surface area contributed by atoms with Crippen LogP contribution in [0.5, 0.6) is 0 Å². The van der Waals surface area contributed by atoms with Gasteiger partial charge in [0.05, 0.1) is 9.30 Å². The molecule has 2 heterocycles. The summed E-state index contributed by atoms with van der Waals surface area (Å²) in [6.45, 7) is -2.95. The van der Waals surface area contributed by atoms with Crippen molar-refractivity contribution in [1.82, 2.24) is 9.55 Å². The average molecular weight is 323 g/mol. The van der Waals surface area contributed by atoms with Gasteiger partial charge in [0, 0.05) is 17.6 Å². The molecule has 1 aliphatic heterocycles. The number of hydrogen-bond acceptors (Lipinski definition) is 5. The molecule has 2 rings (SSSR count). The van der Waals surface area contributed by atoms with E-state index in [4.69, 9.17) is 30.7 Å². The molecular weight excluding hydrogens is 311 g/mol. The van der Waals surface area contributed by atoms with E-state index in [1.807, 2.05) is 10.4 Å². The van der Waals surface area contributed by atoms with E-state index in [0.29, 0.717) is 0 Å². The highest BCUT2D eigenvalue weighted by atomic mass is 35.5. The lowest BCUT2D eigenvalue weighted by Gasteiger charge is -2.25. The second kappa shape index (κ2) is 5.60. The Kier molecular flexibility index (Phi) is 3.48. The molecule has 1 aromatic heterocycles. The van der Waals surface area contributed by atoms with Crippen LogP contribution >= 0.6 is 23.2 Å². The van der Waals surface area contributed by atoms with Crippen LogP contribution in [0.4, 0.5) is 0 Å². The molecule has 0 saturated carbocycles. The molecule has 20 heavy (non-hydrogen) atoms. The number of aliphatic hydroxyl groups excluding tert-OH is 1. The fraction of sp³-hybridized carbons (Fsp3) is 0.455. The van der Waals surface area contributed by atoms with Gasteiger partial charge in [-0.25, -0.2) is 4.79 Å². The summed E-state index contributed by atoms with van der Waals surface area (Å²) in [6.07, 6.45) is -4.04. The van der Waals surface area contributed by atoms with Gasteiger partial charge in [0.25, 0.3) is 5.56 Å². The SMILES string of the molecule is [2H]C([2H])(O)[C@H]1O[C@@H](n2ccc(=O)[nH]c2=O)C(Cl)(C#CCl)[C@H]1O. The lowest BCUT2D eigenvalue weighted by atomic mass is 9.99. The van der Waals surface area contributed by atoms with E-state index >= 15 is 0 Å². The van der Waals surface area contributed by atoms with E-state index in [-0.39, 0.29) is 0 Å². The monoisotopic (exact) mass is 322 g/mol. The fourth-order valence-corrected chi connectivity index (χ4v) is 2.39. The molecule has 7 nitrogen and oxygen atoms in total. The van der Waals surface area contributed by atoms with E-state index in [2.05, 4.69) is 5.92 Å². The van der Waals surface area contributed by atoms with Gasteiger partial charge in [0.1, 0.15) is 12.2 Å². The van der Waals surface area contributed by atoms with Crippen molar-refractivity contribution < 1.29 is 17.7 Å². The number of nitrogens with one attached hydrogen (secondary N) is 1. The first-order chi connectivity index (χ1) is 10.1. The molecule has 1 unspecified atom stereocenters. The van der Waals surface area contributed by atoms with Crippen LogP contribution in [0.15, 0.2) is 21.9 Å². The molecule has 1 saturated heterocycles. The quantitative estimate of drug-likeness (QED) is 0.477. The van der Waals surface area contributed by atoms with Gasteiger partial charge < -0.3 is 14.9 Å². The topological polar surface area (TPSA) is 105 Å². The first-order valence-electron chi connectivity index (χ1n) is 6.30. The summed E-state index contributed by atoms with van der Waals surface area (Å²) in [6, 6.07) is 1.00. The van der Waals surface area contributed by atoms with Gasteiger partial charge in [-0.3, -0.25) is 14.3 Å². The molecule has 0 spiro atoms. The summed E-state index contributed by atoms with van der Waals surface area (Å²) in [5.41, 5.74) is -1.58. The average Bonchev–Trinajstić information content (AvgIpc) is 2.63. The molecule has 1 aromatic rings. The Hall–Kier alpha value is -1.30. The van der Waals surface area contributed by atoms with E-state index in [9.17, 15) is 19.8 Å². The van der Waals surface area contributed by atoms with E-state index in [0.717, 1.165) is 16.8 Å². The molecule has 1 aliphatic rings. The van der Waals surface area contributed by atoms with Crippen molar-refractivity contribution in [2.75, 3.05) is 6.56 Å². The Morgan fingerprint density at radius 2 is 2.35 bits per heavy atom. The first-order valence-corrected chi connectivity index (χ1v) is 6.06. The normalized spacial score (nSPS) is 34.9. The number of rotatable bonds is 2. The van der Waals surface area contributed by atoms with Crippen molar-refractivity contribution in [3.63, 3.8) is 0 Å². The van der Waals surface area contributed by atoms with Gasteiger partial charge in [-0.05, 0) is 11.6 Å². The number of aliphatic hydroxyl groups is 2. The Bertz CT molecular complexity index is 750. The second-order valence-electron chi connectivity index (χ2n) is 3.99. The zero-order valence-corrected chi connectivity index (χ0v) is 11.2. The van der Waals surface area contributed by atoms with E-state index in [1.54, 1.807) is 0 Å². The van der Waals surface area contributed by atoms with Crippen LogP contribution in [0.25, 0.3) is 0 Å². The Morgan fingerprint density at radius 1 is 1.65 bits per heavy atom. The summed E-state index contributed by atoms with van der Waals surface area (Å²) < 4.78 is 20.5. The molecule has 1 fully saturated rings. The number of nitrogens with zero attached hydrogens (tertiary/aromatic N) is 1. The van der Waals surface area contributed by atoms with Crippen LogP contribution in [-0.2, 0) is 4.74 Å². The number of alkyl halides is 1. The van der Waals surface area contributed by atoms with Gasteiger partial charge in [0.15, 0.2) is 11.1 Å². The highest BCUT2D eigenvalue weighted by Gasteiger charge is 2.55. The van der Waals surface area contributed by atoms with Crippen molar-refractivity contribution in [1.29, 1.82) is 0 Å². The Labute approximate surface area is 125 Å². The third-order valence-electron chi connectivity index (χ3n) is 2.82. The van der Waals surface area contributed by atoms with Crippen LogP contribution in [0.1, 0.15) is 8.97 Å². The molecule has 0 bridgehead atoms. The maximum absolute atomic E-state index is 11.8. The summed E-state index contributed by atoms with van der Waals surface area (Å²) in [5.74, 6) is 2.24. The van der Waals surface area contributed by atoms with E-state index in [1.165, 1.54) is 0 Å². The number of H-pyrrole nitrogens is 1. The van der Waals surface area contributed by atoms with Crippen molar-refractivity contribution in [2.45, 2.75) is 23.3 Å². The summed E-state index contributed by atoms with van der Waals surface area (Å²) >= 11 is 11.5. The summed E-state index contributed by atoms with van der Waals surface area (Å²) in [5, 5.41) is 21.5. The number of aromatic nitrogens is 2. The minimum Gasteiger partial charge on any atom is -0.394 e. The van der Waals surface area contributed by atoms with Gasteiger partial charge in [0.2, 0.25) is 0 Å². The molecule has 108 valence electrons. The molecule has 9 heteroatoms. The highest BCUT2D eigenvalue weighted by molar-refractivity contribution is 6.32. The van der Waals surface area contributed by atoms with Gasteiger partial charge in [-0.2, -0.15) is 0 Å². The van der Waals surface area contributed by atoms with Gasteiger partial charge in [-0.15, -0.1) is 0 Å². The zero-order chi connectivity index (χ0) is 16.7. The maximum atomic E-state index is 11.8. The summed E-state index contributed by atoms with van der Waals surface area (Å²) in [7, 11) is 0. The first kappa shape index (κ1) is 12.4.